The fraction of sp³-hybridized carbons (Fsp3) is 0.143. The molecule has 98 valence electrons. The van der Waals surface area contributed by atoms with Crippen molar-refractivity contribution in [3.63, 3.8) is 0 Å². The standard InChI is InChI=1S/C14H14ClN3O/c1-9-5-6-12(11(15)8-9)18-14(19)10-4-3-7-17-13(10)16-2/h3-8H,1-2H3,(H,16,17)(H,18,19). The number of amides is 1. The lowest BCUT2D eigenvalue weighted by atomic mass is 10.2. The van der Waals surface area contributed by atoms with Crippen LogP contribution < -0.4 is 10.6 Å². The second-order valence-corrected chi connectivity index (χ2v) is 4.49. The van der Waals surface area contributed by atoms with Gasteiger partial charge < -0.3 is 10.6 Å². The Balaban J connectivity index is 2.26. The second-order valence-electron chi connectivity index (χ2n) is 4.09. The van der Waals surface area contributed by atoms with E-state index in [2.05, 4.69) is 15.6 Å². The van der Waals surface area contributed by atoms with E-state index < -0.39 is 0 Å². The maximum absolute atomic E-state index is 12.2. The van der Waals surface area contributed by atoms with Crippen LogP contribution in [-0.2, 0) is 0 Å². The molecule has 0 saturated carbocycles. The van der Waals surface area contributed by atoms with Crippen LogP contribution >= 0.6 is 11.6 Å². The van der Waals surface area contributed by atoms with Crippen molar-refractivity contribution in [2.45, 2.75) is 6.92 Å². The van der Waals surface area contributed by atoms with Crippen molar-refractivity contribution >= 4 is 29.0 Å². The van der Waals surface area contributed by atoms with E-state index in [1.165, 1.54) is 0 Å². The molecule has 2 aromatic rings. The minimum Gasteiger partial charge on any atom is -0.372 e. The van der Waals surface area contributed by atoms with Crippen LogP contribution in [0.15, 0.2) is 36.5 Å². The highest BCUT2D eigenvalue weighted by Gasteiger charge is 2.12. The first-order chi connectivity index (χ1) is 9.11. The molecule has 19 heavy (non-hydrogen) atoms. The van der Waals surface area contributed by atoms with Gasteiger partial charge in [-0.25, -0.2) is 4.98 Å². The predicted octanol–water partition coefficient (Wildman–Crippen LogP) is 3.34. The van der Waals surface area contributed by atoms with Crippen LogP contribution in [-0.4, -0.2) is 17.9 Å². The lowest BCUT2D eigenvalue weighted by Gasteiger charge is -2.10. The van der Waals surface area contributed by atoms with E-state index >= 15 is 0 Å². The van der Waals surface area contributed by atoms with Crippen LogP contribution in [0, 0.1) is 6.92 Å². The highest BCUT2D eigenvalue weighted by Crippen LogP contribution is 2.24. The molecule has 1 aromatic heterocycles. The average molecular weight is 276 g/mol. The van der Waals surface area contributed by atoms with Crippen LogP contribution in [0.25, 0.3) is 0 Å². The zero-order valence-electron chi connectivity index (χ0n) is 10.7. The van der Waals surface area contributed by atoms with Gasteiger partial charge in [0.05, 0.1) is 16.3 Å². The van der Waals surface area contributed by atoms with Crippen LogP contribution in [0.1, 0.15) is 15.9 Å². The summed E-state index contributed by atoms with van der Waals surface area (Å²) in [4.78, 5) is 16.3. The third-order valence-corrected chi connectivity index (χ3v) is 2.97. The molecule has 1 heterocycles. The summed E-state index contributed by atoms with van der Waals surface area (Å²) in [5.74, 6) is 0.284. The van der Waals surface area contributed by atoms with E-state index in [-0.39, 0.29) is 5.91 Å². The number of anilines is 2. The SMILES string of the molecule is CNc1ncccc1C(=O)Nc1ccc(C)cc1Cl. The van der Waals surface area contributed by atoms with Gasteiger partial charge in [0.25, 0.3) is 5.91 Å². The Morgan fingerprint density at radius 1 is 1.32 bits per heavy atom. The van der Waals surface area contributed by atoms with Crippen molar-refractivity contribution in [2.75, 3.05) is 17.7 Å². The lowest BCUT2D eigenvalue weighted by Crippen LogP contribution is -2.15. The summed E-state index contributed by atoms with van der Waals surface area (Å²) in [5, 5.41) is 6.18. The zero-order chi connectivity index (χ0) is 13.8. The maximum atomic E-state index is 12.2. The van der Waals surface area contributed by atoms with Gasteiger partial charge in [-0.3, -0.25) is 4.79 Å². The summed E-state index contributed by atoms with van der Waals surface area (Å²) in [6.45, 7) is 1.94. The minimum atomic E-state index is -0.247. The summed E-state index contributed by atoms with van der Waals surface area (Å²) in [6.07, 6.45) is 1.63. The van der Waals surface area contributed by atoms with E-state index in [0.717, 1.165) is 5.56 Å². The normalized spacial score (nSPS) is 10.1. The molecule has 0 aliphatic carbocycles. The molecular formula is C14H14ClN3O. The zero-order valence-corrected chi connectivity index (χ0v) is 11.5. The van der Waals surface area contributed by atoms with Gasteiger partial charge in [-0.15, -0.1) is 0 Å². The number of nitrogens with zero attached hydrogens (tertiary/aromatic N) is 1. The van der Waals surface area contributed by atoms with E-state index in [4.69, 9.17) is 11.6 Å². The number of rotatable bonds is 3. The molecule has 1 aromatic carbocycles. The molecule has 0 aliphatic rings. The summed E-state index contributed by atoms with van der Waals surface area (Å²) < 4.78 is 0. The van der Waals surface area contributed by atoms with E-state index in [1.807, 2.05) is 13.0 Å². The molecule has 1 amide bonds. The van der Waals surface area contributed by atoms with Crippen molar-refractivity contribution in [2.24, 2.45) is 0 Å². The number of nitrogens with one attached hydrogen (secondary N) is 2. The summed E-state index contributed by atoms with van der Waals surface area (Å²) >= 11 is 6.09. The van der Waals surface area contributed by atoms with Gasteiger partial charge in [-0.05, 0) is 36.8 Å². The van der Waals surface area contributed by atoms with Crippen molar-refractivity contribution in [1.29, 1.82) is 0 Å². The van der Waals surface area contributed by atoms with E-state index in [0.29, 0.717) is 22.1 Å². The number of hydrogen-bond donors (Lipinski definition) is 2. The van der Waals surface area contributed by atoms with Gasteiger partial charge in [0.2, 0.25) is 0 Å². The van der Waals surface area contributed by atoms with Crippen LogP contribution in [0.3, 0.4) is 0 Å². The van der Waals surface area contributed by atoms with Crippen molar-refractivity contribution in [3.8, 4) is 0 Å². The van der Waals surface area contributed by atoms with Crippen molar-refractivity contribution in [3.05, 3.63) is 52.7 Å². The number of carbonyl (C=O) groups is 1. The van der Waals surface area contributed by atoms with Gasteiger partial charge in [-0.2, -0.15) is 0 Å². The van der Waals surface area contributed by atoms with Gasteiger partial charge >= 0.3 is 0 Å². The number of carbonyl (C=O) groups excluding carboxylic acids is 1. The molecule has 0 spiro atoms. The number of benzene rings is 1. The molecule has 0 aliphatic heterocycles. The Labute approximate surface area is 116 Å². The third kappa shape index (κ3) is 3.03. The summed E-state index contributed by atoms with van der Waals surface area (Å²) in [7, 11) is 1.72. The molecule has 2 N–H and O–H groups in total. The Hall–Kier alpha value is -2.07. The quantitative estimate of drug-likeness (QED) is 0.903. The summed E-state index contributed by atoms with van der Waals surface area (Å²) in [5.41, 5.74) is 2.10. The van der Waals surface area contributed by atoms with E-state index in [1.54, 1.807) is 37.5 Å². The Kier molecular flexibility index (Phi) is 4.02. The number of halogens is 1. The van der Waals surface area contributed by atoms with Crippen molar-refractivity contribution in [1.82, 2.24) is 4.98 Å². The molecular weight excluding hydrogens is 262 g/mol. The topological polar surface area (TPSA) is 54.0 Å². The first-order valence-electron chi connectivity index (χ1n) is 5.82. The number of hydrogen-bond acceptors (Lipinski definition) is 3. The fourth-order valence-electron chi connectivity index (χ4n) is 1.70. The first kappa shape index (κ1) is 13.4. The molecule has 0 atom stereocenters. The van der Waals surface area contributed by atoms with Crippen LogP contribution in [0.4, 0.5) is 11.5 Å². The van der Waals surface area contributed by atoms with Gasteiger partial charge in [0.15, 0.2) is 0 Å². The number of aryl methyl sites for hydroxylation is 1. The highest BCUT2D eigenvalue weighted by atomic mass is 35.5. The predicted molar refractivity (Wildman–Crippen MR) is 77.9 cm³/mol. The first-order valence-corrected chi connectivity index (χ1v) is 6.20. The molecule has 2 rings (SSSR count). The average Bonchev–Trinajstić information content (AvgIpc) is 2.41. The fourth-order valence-corrected chi connectivity index (χ4v) is 1.98. The molecule has 0 radical (unpaired) electrons. The molecule has 0 saturated heterocycles. The molecule has 0 unspecified atom stereocenters. The highest BCUT2D eigenvalue weighted by molar-refractivity contribution is 6.34. The minimum absolute atomic E-state index is 0.247. The van der Waals surface area contributed by atoms with Gasteiger partial charge in [-0.1, -0.05) is 17.7 Å². The third-order valence-electron chi connectivity index (χ3n) is 2.66. The molecule has 4 nitrogen and oxygen atoms in total. The maximum Gasteiger partial charge on any atom is 0.259 e. The Morgan fingerprint density at radius 2 is 2.11 bits per heavy atom. The molecule has 5 heteroatoms. The van der Waals surface area contributed by atoms with E-state index in [9.17, 15) is 4.79 Å². The molecule has 0 bridgehead atoms. The lowest BCUT2D eigenvalue weighted by molar-refractivity contribution is 0.102. The Morgan fingerprint density at radius 3 is 2.79 bits per heavy atom. The molecule has 0 fully saturated rings. The largest absolute Gasteiger partial charge is 0.372 e. The second kappa shape index (κ2) is 5.71. The van der Waals surface area contributed by atoms with Crippen LogP contribution in [0.5, 0.6) is 0 Å². The van der Waals surface area contributed by atoms with Gasteiger partial charge in [0.1, 0.15) is 5.82 Å². The van der Waals surface area contributed by atoms with Gasteiger partial charge in [0, 0.05) is 13.2 Å². The van der Waals surface area contributed by atoms with Crippen molar-refractivity contribution < 1.29 is 4.79 Å². The summed E-state index contributed by atoms with van der Waals surface area (Å²) in [6, 6.07) is 8.90. The number of pyridine rings is 1. The smallest absolute Gasteiger partial charge is 0.259 e. The Bertz CT molecular complexity index is 613. The number of aromatic nitrogens is 1. The van der Waals surface area contributed by atoms with Crippen LogP contribution in [0.2, 0.25) is 5.02 Å². The monoisotopic (exact) mass is 275 g/mol.